The lowest BCUT2D eigenvalue weighted by Gasteiger charge is -2.05. The average Bonchev–Trinajstić information content (AvgIpc) is 2.15. The summed E-state index contributed by atoms with van der Waals surface area (Å²) in [4.78, 5) is 32.3. The number of Topliss-reactive ketones (excluding diaryl/α,β-unsaturated/α-hetero) is 3. The predicted octanol–water partition coefficient (Wildman–Crippen LogP) is -0.796. The molecule has 80 valence electrons. The molecule has 0 amide bonds. The van der Waals surface area contributed by atoms with Crippen LogP contribution in [0, 0.1) is 0 Å². The first-order valence-electron chi connectivity index (χ1n) is 4.43. The lowest BCUT2D eigenvalue weighted by Crippen LogP contribution is -2.25. The van der Waals surface area contributed by atoms with Crippen LogP contribution in [0.1, 0.15) is 26.2 Å². The Morgan fingerprint density at radius 3 is 2.36 bits per heavy atom. The minimum absolute atomic E-state index is 0.0200. The van der Waals surface area contributed by atoms with Crippen LogP contribution in [-0.2, 0) is 14.4 Å². The van der Waals surface area contributed by atoms with Gasteiger partial charge in [-0.1, -0.05) is 0 Å². The van der Waals surface area contributed by atoms with E-state index in [2.05, 4.69) is 0 Å². The van der Waals surface area contributed by atoms with Gasteiger partial charge in [0, 0.05) is 19.4 Å². The molecule has 1 atom stereocenters. The molecule has 0 aliphatic carbocycles. The smallest absolute Gasteiger partial charge is 0.263 e. The van der Waals surface area contributed by atoms with Gasteiger partial charge in [-0.3, -0.25) is 14.4 Å². The van der Waals surface area contributed by atoms with E-state index in [1.54, 1.807) is 0 Å². The summed E-state index contributed by atoms with van der Waals surface area (Å²) in [6, 6.07) is -0.366. The molecule has 14 heavy (non-hydrogen) atoms. The largest absolute Gasteiger partial charge is 0.395 e. The molecule has 0 saturated carbocycles. The molecule has 0 spiro atoms. The van der Waals surface area contributed by atoms with E-state index in [0.29, 0.717) is 12.8 Å². The van der Waals surface area contributed by atoms with E-state index in [4.69, 9.17) is 10.8 Å². The summed E-state index contributed by atoms with van der Waals surface area (Å²) in [5.74, 6) is -2.37. The first-order valence-corrected chi connectivity index (χ1v) is 4.43. The maximum Gasteiger partial charge on any atom is 0.263 e. The van der Waals surface area contributed by atoms with Crippen LogP contribution in [0.3, 0.4) is 0 Å². The molecule has 0 aromatic rings. The summed E-state index contributed by atoms with van der Waals surface area (Å²) >= 11 is 0. The van der Waals surface area contributed by atoms with E-state index >= 15 is 0 Å². The fourth-order valence-electron chi connectivity index (χ4n) is 0.926. The standard InChI is InChI=1S/C9H15NO4/c1-6(12)9(14)8(13)4-2-3-7(10)5-11/h7,11H,2-5,10H2,1H3. The molecule has 0 fully saturated rings. The van der Waals surface area contributed by atoms with Crippen molar-refractivity contribution in [2.45, 2.75) is 32.2 Å². The summed E-state index contributed by atoms with van der Waals surface area (Å²) < 4.78 is 0. The molecule has 0 radical (unpaired) electrons. The highest BCUT2D eigenvalue weighted by Crippen LogP contribution is 2.00. The molecule has 0 saturated heterocycles. The molecule has 3 N–H and O–H groups in total. The van der Waals surface area contributed by atoms with E-state index in [0.717, 1.165) is 6.92 Å². The van der Waals surface area contributed by atoms with Crippen LogP contribution in [0.5, 0.6) is 0 Å². The molecule has 0 aromatic heterocycles. The number of rotatable bonds is 7. The van der Waals surface area contributed by atoms with Crippen LogP contribution >= 0.6 is 0 Å². The maximum absolute atomic E-state index is 11.0. The highest BCUT2D eigenvalue weighted by molar-refractivity contribution is 6.63. The van der Waals surface area contributed by atoms with Gasteiger partial charge in [-0.15, -0.1) is 0 Å². The number of carbonyl (C=O) groups is 3. The minimum Gasteiger partial charge on any atom is -0.395 e. The Morgan fingerprint density at radius 2 is 1.93 bits per heavy atom. The van der Waals surface area contributed by atoms with E-state index in [9.17, 15) is 14.4 Å². The summed E-state index contributed by atoms with van der Waals surface area (Å²) in [6.45, 7) is 0.925. The lowest BCUT2D eigenvalue weighted by molar-refractivity contribution is -0.143. The Kier molecular flexibility index (Phi) is 5.91. The molecule has 5 heteroatoms. The van der Waals surface area contributed by atoms with E-state index in [1.165, 1.54) is 0 Å². The van der Waals surface area contributed by atoms with Crippen LogP contribution in [-0.4, -0.2) is 35.1 Å². The number of ketones is 3. The third-order valence-corrected chi connectivity index (χ3v) is 1.79. The van der Waals surface area contributed by atoms with Crippen LogP contribution < -0.4 is 5.73 Å². The number of hydrogen-bond donors (Lipinski definition) is 2. The van der Waals surface area contributed by atoms with Gasteiger partial charge in [0.25, 0.3) is 5.78 Å². The second-order valence-electron chi connectivity index (χ2n) is 3.14. The van der Waals surface area contributed by atoms with Crippen molar-refractivity contribution in [3.05, 3.63) is 0 Å². The monoisotopic (exact) mass is 201 g/mol. The minimum atomic E-state index is -0.956. The summed E-state index contributed by atoms with van der Waals surface area (Å²) in [5, 5.41) is 8.57. The molecule has 0 aliphatic rings. The van der Waals surface area contributed by atoms with Crippen LogP contribution in [0.25, 0.3) is 0 Å². The zero-order chi connectivity index (χ0) is 11.1. The Bertz CT molecular complexity index is 237. The first-order chi connectivity index (χ1) is 6.49. The first kappa shape index (κ1) is 12.9. The van der Waals surface area contributed by atoms with E-state index < -0.39 is 17.3 Å². The van der Waals surface area contributed by atoms with Crippen molar-refractivity contribution in [1.82, 2.24) is 0 Å². The maximum atomic E-state index is 11.0. The van der Waals surface area contributed by atoms with Gasteiger partial charge in [-0.2, -0.15) is 0 Å². The summed E-state index contributed by atoms with van der Waals surface area (Å²) in [5.41, 5.74) is 5.38. The Morgan fingerprint density at radius 1 is 1.36 bits per heavy atom. The fourth-order valence-corrected chi connectivity index (χ4v) is 0.926. The SMILES string of the molecule is CC(=O)C(=O)C(=O)CCCC(N)CO. The zero-order valence-electron chi connectivity index (χ0n) is 8.16. The Hall–Kier alpha value is -1.07. The van der Waals surface area contributed by atoms with Crippen molar-refractivity contribution >= 4 is 17.3 Å². The molecular formula is C9H15NO4. The normalized spacial score (nSPS) is 12.2. The van der Waals surface area contributed by atoms with Crippen molar-refractivity contribution in [2.75, 3.05) is 6.61 Å². The van der Waals surface area contributed by atoms with Crippen LogP contribution in [0.2, 0.25) is 0 Å². The topological polar surface area (TPSA) is 97.5 Å². The van der Waals surface area contributed by atoms with Gasteiger partial charge in [-0.25, -0.2) is 0 Å². The van der Waals surface area contributed by atoms with Gasteiger partial charge < -0.3 is 10.8 Å². The highest BCUT2D eigenvalue weighted by atomic mass is 16.3. The van der Waals surface area contributed by atoms with Gasteiger partial charge in [0.1, 0.15) is 0 Å². The summed E-state index contributed by atoms with van der Waals surface area (Å²) in [6.07, 6.45) is 0.902. The molecular weight excluding hydrogens is 186 g/mol. The number of aliphatic hydroxyl groups is 1. The van der Waals surface area contributed by atoms with Crippen LogP contribution in [0.4, 0.5) is 0 Å². The number of nitrogens with two attached hydrogens (primary N) is 1. The van der Waals surface area contributed by atoms with Gasteiger partial charge in [0.2, 0.25) is 11.6 Å². The molecule has 1 unspecified atom stereocenters. The van der Waals surface area contributed by atoms with Gasteiger partial charge >= 0.3 is 0 Å². The second-order valence-corrected chi connectivity index (χ2v) is 3.14. The van der Waals surface area contributed by atoms with Gasteiger partial charge in [0.15, 0.2) is 0 Å². The third-order valence-electron chi connectivity index (χ3n) is 1.79. The average molecular weight is 201 g/mol. The Labute approximate surface area is 82.3 Å². The van der Waals surface area contributed by atoms with Crippen molar-refractivity contribution in [3.63, 3.8) is 0 Å². The van der Waals surface area contributed by atoms with Gasteiger partial charge in [-0.05, 0) is 12.8 Å². The molecule has 0 aliphatic heterocycles. The van der Waals surface area contributed by atoms with Crippen LogP contribution in [0.15, 0.2) is 0 Å². The fraction of sp³-hybridized carbons (Fsp3) is 0.667. The summed E-state index contributed by atoms with van der Waals surface area (Å²) in [7, 11) is 0. The molecule has 5 nitrogen and oxygen atoms in total. The second kappa shape index (κ2) is 6.39. The lowest BCUT2D eigenvalue weighted by atomic mass is 10.1. The molecule has 0 bridgehead atoms. The number of aliphatic hydroxyl groups excluding tert-OH is 1. The van der Waals surface area contributed by atoms with Crippen molar-refractivity contribution in [1.29, 1.82) is 0 Å². The van der Waals surface area contributed by atoms with E-state index in [-0.39, 0.29) is 19.1 Å². The van der Waals surface area contributed by atoms with Crippen molar-refractivity contribution in [3.8, 4) is 0 Å². The zero-order valence-corrected chi connectivity index (χ0v) is 8.16. The molecule has 0 rings (SSSR count). The predicted molar refractivity (Wildman–Crippen MR) is 49.6 cm³/mol. The molecule has 0 aromatic carbocycles. The van der Waals surface area contributed by atoms with E-state index in [1.807, 2.05) is 0 Å². The number of carbonyl (C=O) groups excluding carboxylic acids is 3. The quantitative estimate of drug-likeness (QED) is 0.415. The number of hydrogen-bond acceptors (Lipinski definition) is 5. The molecule has 0 heterocycles. The van der Waals surface area contributed by atoms with Crippen molar-refractivity contribution in [2.24, 2.45) is 5.73 Å². The van der Waals surface area contributed by atoms with Crippen molar-refractivity contribution < 1.29 is 19.5 Å². The van der Waals surface area contributed by atoms with Gasteiger partial charge in [0.05, 0.1) is 6.61 Å². The Balaban J connectivity index is 3.75. The highest BCUT2D eigenvalue weighted by Gasteiger charge is 2.17. The third kappa shape index (κ3) is 4.84.